The van der Waals surface area contributed by atoms with Crippen LogP contribution in [0, 0.1) is 0 Å². The zero-order valence-corrected chi connectivity index (χ0v) is 16.9. The monoisotopic (exact) mass is 398 g/mol. The number of carbonyl (C=O) groups excluding carboxylic acids is 2. The Hall–Kier alpha value is -2.38. The van der Waals surface area contributed by atoms with Crippen LogP contribution in [0.3, 0.4) is 0 Å². The number of nitrogens with one attached hydrogen (secondary N) is 1. The second-order valence-corrected chi connectivity index (χ2v) is 7.86. The van der Waals surface area contributed by atoms with E-state index in [1.807, 2.05) is 28.1 Å². The minimum absolute atomic E-state index is 0.165. The van der Waals surface area contributed by atoms with E-state index >= 15 is 0 Å². The number of ether oxygens (including phenoxy) is 1. The van der Waals surface area contributed by atoms with Gasteiger partial charge in [0.15, 0.2) is 0 Å². The van der Waals surface area contributed by atoms with Gasteiger partial charge >= 0.3 is 0 Å². The SMILES string of the molecule is O=C(CCCc1c[nH]c2ccccc12)N1CCN(C(=O)CN2CCOCC2)CC1. The number of para-hydroxylation sites is 1. The first-order valence-corrected chi connectivity index (χ1v) is 10.6. The molecule has 7 heteroatoms. The fraction of sp³-hybridized carbons (Fsp3) is 0.545. The van der Waals surface area contributed by atoms with Gasteiger partial charge in [-0.05, 0) is 24.5 Å². The molecule has 2 aromatic rings. The Bertz CT molecular complexity index is 835. The Morgan fingerprint density at radius 1 is 0.931 bits per heavy atom. The predicted octanol–water partition coefficient (Wildman–Crippen LogP) is 1.49. The molecule has 0 radical (unpaired) electrons. The third kappa shape index (κ3) is 4.97. The largest absolute Gasteiger partial charge is 0.379 e. The molecular formula is C22H30N4O3. The minimum Gasteiger partial charge on any atom is -0.379 e. The van der Waals surface area contributed by atoms with Crippen molar-refractivity contribution >= 4 is 22.7 Å². The van der Waals surface area contributed by atoms with Crippen molar-refractivity contribution in [2.75, 3.05) is 59.0 Å². The number of aryl methyl sites for hydroxylation is 1. The maximum Gasteiger partial charge on any atom is 0.236 e. The van der Waals surface area contributed by atoms with E-state index in [9.17, 15) is 9.59 Å². The summed E-state index contributed by atoms with van der Waals surface area (Å²) < 4.78 is 5.33. The number of morpholine rings is 1. The lowest BCUT2D eigenvalue weighted by Crippen LogP contribution is -2.53. The van der Waals surface area contributed by atoms with Crippen LogP contribution in [0.2, 0.25) is 0 Å². The van der Waals surface area contributed by atoms with Gasteiger partial charge in [0, 0.05) is 62.8 Å². The molecule has 29 heavy (non-hydrogen) atoms. The van der Waals surface area contributed by atoms with Crippen LogP contribution in [0.25, 0.3) is 10.9 Å². The standard InChI is InChI=1S/C22H30N4O3/c27-21(7-3-4-18-16-23-20-6-2-1-5-19(18)20)25-8-10-26(11-9-25)22(28)17-24-12-14-29-15-13-24/h1-2,5-6,16,23H,3-4,7-15,17H2. The summed E-state index contributed by atoms with van der Waals surface area (Å²) in [6.07, 6.45) is 4.35. The first-order valence-electron chi connectivity index (χ1n) is 10.6. The van der Waals surface area contributed by atoms with Gasteiger partial charge in [-0.2, -0.15) is 0 Å². The molecule has 0 atom stereocenters. The number of H-pyrrole nitrogens is 1. The van der Waals surface area contributed by atoms with Crippen molar-refractivity contribution in [2.24, 2.45) is 0 Å². The second-order valence-electron chi connectivity index (χ2n) is 7.86. The maximum atomic E-state index is 12.6. The van der Waals surface area contributed by atoms with E-state index in [1.54, 1.807) is 0 Å². The minimum atomic E-state index is 0.165. The highest BCUT2D eigenvalue weighted by molar-refractivity contribution is 5.83. The Balaban J connectivity index is 1.18. The molecule has 2 amide bonds. The van der Waals surface area contributed by atoms with E-state index in [4.69, 9.17) is 4.74 Å². The van der Waals surface area contributed by atoms with Crippen LogP contribution < -0.4 is 0 Å². The molecule has 3 heterocycles. The highest BCUT2D eigenvalue weighted by Crippen LogP contribution is 2.19. The van der Waals surface area contributed by atoms with Gasteiger partial charge in [-0.25, -0.2) is 0 Å². The molecule has 4 rings (SSSR count). The number of hydrogen-bond donors (Lipinski definition) is 1. The highest BCUT2D eigenvalue weighted by atomic mass is 16.5. The van der Waals surface area contributed by atoms with Crippen LogP contribution in [0.4, 0.5) is 0 Å². The fourth-order valence-corrected chi connectivity index (χ4v) is 4.18. The zero-order valence-electron chi connectivity index (χ0n) is 16.9. The number of aromatic nitrogens is 1. The van der Waals surface area contributed by atoms with Gasteiger partial charge in [-0.3, -0.25) is 14.5 Å². The number of fused-ring (bicyclic) bond motifs is 1. The summed E-state index contributed by atoms with van der Waals surface area (Å²) in [5.74, 6) is 0.364. The number of benzene rings is 1. The number of carbonyl (C=O) groups is 2. The lowest BCUT2D eigenvalue weighted by molar-refractivity contribution is -0.140. The van der Waals surface area contributed by atoms with Crippen molar-refractivity contribution in [3.63, 3.8) is 0 Å². The molecule has 1 aromatic heterocycles. The lowest BCUT2D eigenvalue weighted by Gasteiger charge is -2.36. The summed E-state index contributed by atoms with van der Waals surface area (Å²) in [6.45, 7) is 6.06. The van der Waals surface area contributed by atoms with Crippen LogP contribution in [0.1, 0.15) is 18.4 Å². The van der Waals surface area contributed by atoms with Crippen molar-refractivity contribution in [1.29, 1.82) is 0 Å². The number of amides is 2. The van der Waals surface area contributed by atoms with Crippen LogP contribution in [0.5, 0.6) is 0 Å². The third-order valence-electron chi connectivity index (χ3n) is 5.96. The zero-order chi connectivity index (χ0) is 20.1. The summed E-state index contributed by atoms with van der Waals surface area (Å²) in [4.78, 5) is 34.3. The number of aromatic amines is 1. The van der Waals surface area contributed by atoms with Gasteiger partial charge in [0.2, 0.25) is 11.8 Å². The van der Waals surface area contributed by atoms with E-state index in [0.29, 0.717) is 52.4 Å². The van der Waals surface area contributed by atoms with Gasteiger partial charge in [0.25, 0.3) is 0 Å². The molecule has 1 N–H and O–H groups in total. The number of rotatable bonds is 6. The summed E-state index contributed by atoms with van der Waals surface area (Å²) in [7, 11) is 0. The van der Waals surface area contributed by atoms with Gasteiger partial charge < -0.3 is 19.5 Å². The van der Waals surface area contributed by atoms with Crippen molar-refractivity contribution in [1.82, 2.24) is 19.7 Å². The summed E-state index contributed by atoms with van der Waals surface area (Å²) in [5.41, 5.74) is 2.42. The van der Waals surface area contributed by atoms with Gasteiger partial charge in [0.1, 0.15) is 0 Å². The van der Waals surface area contributed by atoms with Crippen molar-refractivity contribution in [3.8, 4) is 0 Å². The number of nitrogens with zero attached hydrogens (tertiary/aromatic N) is 3. The summed E-state index contributed by atoms with van der Waals surface area (Å²) in [6, 6.07) is 8.27. The van der Waals surface area contributed by atoms with Crippen LogP contribution in [-0.2, 0) is 20.7 Å². The Labute approximate surface area is 171 Å². The normalized spacial score (nSPS) is 18.3. The first-order chi connectivity index (χ1) is 14.2. The number of hydrogen-bond acceptors (Lipinski definition) is 4. The van der Waals surface area contributed by atoms with Gasteiger partial charge in [-0.15, -0.1) is 0 Å². The molecular weight excluding hydrogens is 368 g/mol. The Kier molecular flexibility index (Phi) is 6.46. The molecule has 156 valence electrons. The predicted molar refractivity (Wildman–Crippen MR) is 112 cm³/mol. The van der Waals surface area contributed by atoms with Gasteiger partial charge in [-0.1, -0.05) is 18.2 Å². The van der Waals surface area contributed by atoms with Gasteiger partial charge in [0.05, 0.1) is 19.8 Å². The highest BCUT2D eigenvalue weighted by Gasteiger charge is 2.25. The smallest absolute Gasteiger partial charge is 0.236 e. The van der Waals surface area contributed by atoms with E-state index in [2.05, 4.69) is 22.0 Å². The van der Waals surface area contributed by atoms with Crippen LogP contribution >= 0.6 is 0 Å². The van der Waals surface area contributed by atoms with Crippen molar-refractivity contribution in [3.05, 3.63) is 36.0 Å². The van der Waals surface area contributed by atoms with Crippen LogP contribution in [0.15, 0.2) is 30.5 Å². The second kappa shape index (κ2) is 9.41. The Morgan fingerprint density at radius 2 is 1.62 bits per heavy atom. The average Bonchev–Trinajstić information content (AvgIpc) is 3.18. The quantitative estimate of drug-likeness (QED) is 0.801. The molecule has 0 saturated carbocycles. The van der Waals surface area contributed by atoms with E-state index in [0.717, 1.165) is 31.4 Å². The van der Waals surface area contributed by atoms with Crippen molar-refractivity contribution < 1.29 is 14.3 Å². The molecule has 1 aromatic carbocycles. The molecule has 7 nitrogen and oxygen atoms in total. The third-order valence-corrected chi connectivity index (χ3v) is 5.96. The Morgan fingerprint density at radius 3 is 2.38 bits per heavy atom. The van der Waals surface area contributed by atoms with E-state index in [1.165, 1.54) is 10.9 Å². The fourth-order valence-electron chi connectivity index (χ4n) is 4.18. The molecule has 2 saturated heterocycles. The maximum absolute atomic E-state index is 12.6. The van der Waals surface area contributed by atoms with Crippen LogP contribution in [-0.4, -0.2) is 90.5 Å². The molecule has 0 unspecified atom stereocenters. The molecule has 0 aliphatic carbocycles. The topological polar surface area (TPSA) is 68.9 Å². The summed E-state index contributed by atoms with van der Waals surface area (Å²) >= 11 is 0. The molecule has 2 aliphatic rings. The van der Waals surface area contributed by atoms with E-state index < -0.39 is 0 Å². The number of piperazine rings is 1. The molecule has 0 spiro atoms. The first kappa shape index (κ1) is 19.9. The summed E-state index contributed by atoms with van der Waals surface area (Å²) in [5, 5.41) is 1.24. The molecule has 2 aliphatic heterocycles. The lowest BCUT2D eigenvalue weighted by atomic mass is 10.1. The van der Waals surface area contributed by atoms with E-state index in [-0.39, 0.29) is 11.8 Å². The molecule has 2 fully saturated rings. The molecule has 0 bridgehead atoms. The average molecular weight is 399 g/mol. The van der Waals surface area contributed by atoms with Crippen molar-refractivity contribution in [2.45, 2.75) is 19.3 Å².